The molecule has 1 atom stereocenters. The molecule has 0 saturated heterocycles. The van der Waals surface area contributed by atoms with Crippen LogP contribution in [0.3, 0.4) is 0 Å². The Morgan fingerprint density at radius 2 is 2.05 bits per heavy atom. The van der Waals surface area contributed by atoms with Gasteiger partial charge in [-0.15, -0.1) is 11.8 Å². The summed E-state index contributed by atoms with van der Waals surface area (Å²) in [6.45, 7) is 5.72. The summed E-state index contributed by atoms with van der Waals surface area (Å²) >= 11 is 1.82. The van der Waals surface area contributed by atoms with E-state index < -0.39 is 0 Å². The van der Waals surface area contributed by atoms with E-state index in [2.05, 4.69) is 24.3 Å². The number of carbonyl (C=O) groups excluding carboxylic acids is 1. The van der Waals surface area contributed by atoms with E-state index in [-0.39, 0.29) is 5.91 Å². The Hall–Kier alpha value is -0.960. The maximum Gasteiger partial charge on any atom is 0.232 e. The van der Waals surface area contributed by atoms with Gasteiger partial charge in [0.05, 0.1) is 5.75 Å². The van der Waals surface area contributed by atoms with Crippen molar-refractivity contribution in [1.82, 2.24) is 4.90 Å². The zero-order chi connectivity index (χ0) is 13.7. The minimum Gasteiger partial charge on any atom is -0.343 e. The summed E-state index contributed by atoms with van der Waals surface area (Å²) in [5, 5.41) is 0.504. The van der Waals surface area contributed by atoms with Gasteiger partial charge in [-0.3, -0.25) is 4.79 Å². The molecule has 0 N–H and O–H groups in total. The summed E-state index contributed by atoms with van der Waals surface area (Å²) in [7, 11) is 0. The second kappa shape index (κ2) is 6.99. The maximum atomic E-state index is 12.1. The Balaban J connectivity index is 1.96. The molecule has 1 amide bonds. The van der Waals surface area contributed by atoms with Gasteiger partial charge in [-0.05, 0) is 44.2 Å². The van der Waals surface area contributed by atoms with Crippen molar-refractivity contribution in [3.63, 3.8) is 0 Å². The molecular formula is C16H23NOS. The Bertz CT molecular complexity index is 429. The number of thioether (sulfide) groups is 1. The van der Waals surface area contributed by atoms with Gasteiger partial charge < -0.3 is 4.90 Å². The van der Waals surface area contributed by atoms with Crippen molar-refractivity contribution in [1.29, 1.82) is 0 Å². The highest BCUT2D eigenvalue weighted by atomic mass is 32.2. The topological polar surface area (TPSA) is 20.3 Å². The van der Waals surface area contributed by atoms with E-state index >= 15 is 0 Å². The van der Waals surface area contributed by atoms with Crippen LogP contribution in [0, 0.1) is 0 Å². The smallest absolute Gasteiger partial charge is 0.232 e. The Morgan fingerprint density at radius 1 is 1.32 bits per heavy atom. The highest BCUT2D eigenvalue weighted by Crippen LogP contribution is 2.39. The SMILES string of the molecule is CCN(CC)C(=O)CSC1CCCc2ccccc21. The number of amides is 1. The van der Waals surface area contributed by atoms with E-state index in [1.165, 1.54) is 30.4 Å². The van der Waals surface area contributed by atoms with Crippen LogP contribution in [-0.4, -0.2) is 29.6 Å². The lowest BCUT2D eigenvalue weighted by Crippen LogP contribution is -2.32. The number of hydrogen-bond acceptors (Lipinski definition) is 2. The number of aryl methyl sites for hydroxylation is 1. The van der Waals surface area contributed by atoms with Crippen molar-refractivity contribution in [3.8, 4) is 0 Å². The van der Waals surface area contributed by atoms with Crippen LogP contribution in [0.25, 0.3) is 0 Å². The Kier molecular flexibility index (Phi) is 5.32. The van der Waals surface area contributed by atoms with Gasteiger partial charge in [0.2, 0.25) is 5.91 Å². The first-order valence-electron chi connectivity index (χ1n) is 7.23. The molecule has 0 radical (unpaired) electrons. The average Bonchev–Trinajstić information content (AvgIpc) is 2.46. The standard InChI is InChI=1S/C16H23NOS/c1-3-17(4-2)16(18)12-19-15-11-7-9-13-8-5-6-10-14(13)15/h5-6,8,10,15H,3-4,7,9,11-12H2,1-2H3. The molecule has 1 aliphatic carbocycles. The first kappa shape index (κ1) is 14.4. The molecule has 1 unspecified atom stereocenters. The van der Waals surface area contributed by atoms with Gasteiger partial charge in [0, 0.05) is 18.3 Å². The number of nitrogens with zero attached hydrogens (tertiary/aromatic N) is 1. The predicted molar refractivity (Wildman–Crippen MR) is 82.5 cm³/mol. The molecule has 3 heteroatoms. The van der Waals surface area contributed by atoms with Crippen LogP contribution in [-0.2, 0) is 11.2 Å². The zero-order valence-corrected chi connectivity index (χ0v) is 12.7. The van der Waals surface area contributed by atoms with E-state index in [1.54, 1.807) is 0 Å². The summed E-state index contributed by atoms with van der Waals surface area (Å²) in [6, 6.07) is 8.69. The number of benzene rings is 1. The van der Waals surface area contributed by atoms with Gasteiger partial charge in [-0.1, -0.05) is 24.3 Å². The van der Waals surface area contributed by atoms with Crippen LogP contribution >= 0.6 is 11.8 Å². The summed E-state index contributed by atoms with van der Waals surface area (Å²) in [4.78, 5) is 14.0. The fraction of sp³-hybridized carbons (Fsp3) is 0.562. The van der Waals surface area contributed by atoms with Crippen LogP contribution in [0.5, 0.6) is 0 Å². The van der Waals surface area contributed by atoms with Crippen molar-refractivity contribution in [3.05, 3.63) is 35.4 Å². The molecule has 1 aromatic carbocycles. The Labute approximate surface area is 120 Å². The van der Waals surface area contributed by atoms with E-state index in [4.69, 9.17) is 0 Å². The molecule has 19 heavy (non-hydrogen) atoms. The molecule has 1 aromatic rings. The number of carbonyl (C=O) groups is 1. The first-order chi connectivity index (χ1) is 9.26. The van der Waals surface area contributed by atoms with Crippen molar-refractivity contribution in [2.45, 2.75) is 38.4 Å². The van der Waals surface area contributed by atoms with Crippen molar-refractivity contribution < 1.29 is 4.79 Å². The fourth-order valence-corrected chi connectivity index (χ4v) is 3.99. The maximum absolute atomic E-state index is 12.1. The van der Waals surface area contributed by atoms with Gasteiger partial charge in [0.1, 0.15) is 0 Å². The van der Waals surface area contributed by atoms with E-state index in [1.807, 2.05) is 30.5 Å². The zero-order valence-electron chi connectivity index (χ0n) is 11.9. The normalized spacial score (nSPS) is 17.9. The average molecular weight is 277 g/mol. The highest BCUT2D eigenvalue weighted by Gasteiger charge is 2.21. The summed E-state index contributed by atoms with van der Waals surface area (Å²) in [5.74, 6) is 0.888. The highest BCUT2D eigenvalue weighted by molar-refractivity contribution is 8.00. The van der Waals surface area contributed by atoms with Gasteiger partial charge in [0.15, 0.2) is 0 Å². The molecule has 0 saturated carbocycles. The van der Waals surface area contributed by atoms with E-state index in [0.717, 1.165) is 13.1 Å². The van der Waals surface area contributed by atoms with Crippen LogP contribution in [0.2, 0.25) is 0 Å². The van der Waals surface area contributed by atoms with Crippen LogP contribution in [0.1, 0.15) is 43.1 Å². The first-order valence-corrected chi connectivity index (χ1v) is 8.28. The van der Waals surface area contributed by atoms with Crippen LogP contribution < -0.4 is 0 Å². The molecule has 0 bridgehead atoms. The minimum atomic E-state index is 0.276. The largest absolute Gasteiger partial charge is 0.343 e. The molecule has 0 heterocycles. The molecule has 104 valence electrons. The third-order valence-corrected chi connectivity index (χ3v) is 5.14. The van der Waals surface area contributed by atoms with Crippen LogP contribution in [0.15, 0.2) is 24.3 Å². The molecule has 1 aliphatic rings. The lowest BCUT2D eigenvalue weighted by molar-refractivity contribution is -0.127. The molecule has 0 aliphatic heterocycles. The third-order valence-electron chi connectivity index (χ3n) is 3.84. The minimum absolute atomic E-state index is 0.276. The molecule has 2 nitrogen and oxygen atoms in total. The lowest BCUT2D eigenvalue weighted by atomic mass is 9.91. The number of fused-ring (bicyclic) bond motifs is 1. The molecule has 0 spiro atoms. The lowest BCUT2D eigenvalue weighted by Gasteiger charge is -2.26. The molecule has 0 fully saturated rings. The van der Waals surface area contributed by atoms with E-state index in [0.29, 0.717) is 11.0 Å². The van der Waals surface area contributed by atoms with Gasteiger partial charge in [0.25, 0.3) is 0 Å². The van der Waals surface area contributed by atoms with Gasteiger partial charge in [-0.2, -0.15) is 0 Å². The fourth-order valence-electron chi connectivity index (χ4n) is 2.72. The monoisotopic (exact) mass is 277 g/mol. The van der Waals surface area contributed by atoms with Crippen molar-refractivity contribution in [2.75, 3.05) is 18.8 Å². The number of hydrogen-bond donors (Lipinski definition) is 0. The van der Waals surface area contributed by atoms with Crippen molar-refractivity contribution >= 4 is 17.7 Å². The van der Waals surface area contributed by atoms with Crippen LogP contribution in [0.4, 0.5) is 0 Å². The summed E-state index contributed by atoms with van der Waals surface area (Å²) < 4.78 is 0. The van der Waals surface area contributed by atoms with Gasteiger partial charge in [-0.25, -0.2) is 0 Å². The predicted octanol–water partition coefficient (Wildman–Crippen LogP) is 3.67. The molecule has 2 rings (SSSR count). The summed E-state index contributed by atoms with van der Waals surface area (Å²) in [6.07, 6.45) is 3.64. The van der Waals surface area contributed by atoms with Crippen molar-refractivity contribution in [2.24, 2.45) is 0 Å². The second-order valence-corrected chi connectivity index (χ2v) is 6.15. The van der Waals surface area contributed by atoms with Gasteiger partial charge >= 0.3 is 0 Å². The quantitative estimate of drug-likeness (QED) is 0.818. The second-order valence-electron chi connectivity index (χ2n) is 4.96. The Morgan fingerprint density at radius 3 is 2.79 bits per heavy atom. The molecular weight excluding hydrogens is 254 g/mol. The number of rotatable bonds is 5. The molecule has 0 aromatic heterocycles. The third kappa shape index (κ3) is 3.53. The van der Waals surface area contributed by atoms with E-state index in [9.17, 15) is 4.79 Å². The summed E-state index contributed by atoms with van der Waals surface area (Å²) in [5.41, 5.74) is 2.92.